The van der Waals surface area contributed by atoms with Crippen molar-refractivity contribution < 1.29 is 5.11 Å². The van der Waals surface area contributed by atoms with Crippen LogP contribution in [0.4, 0.5) is 0 Å². The van der Waals surface area contributed by atoms with Gasteiger partial charge in [-0.1, -0.05) is 53.9 Å². The summed E-state index contributed by atoms with van der Waals surface area (Å²) in [6.07, 6.45) is 16.6. The molecule has 4 saturated carbocycles. The molecule has 0 bridgehead atoms. The molecule has 4 aliphatic carbocycles. The van der Waals surface area contributed by atoms with Gasteiger partial charge in [-0.05, 0) is 110 Å². The maximum absolute atomic E-state index is 10.3. The van der Waals surface area contributed by atoms with Crippen LogP contribution in [0.3, 0.4) is 0 Å². The van der Waals surface area contributed by atoms with Gasteiger partial charge in [0.1, 0.15) is 0 Å². The fourth-order valence-corrected chi connectivity index (χ4v) is 9.26. The number of aliphatic hydroxyl groups is 1. The van der Waals surface area contributed by atoms with Gasteiger partial charge in [-0.15, -0.1) is 0 Å². The van der Waals surface area contributed by atoms with Crippen LogP contribution in [0, 0.1) is 52.3 Å². The largest absolute Gasteiger partial charge is 0.393 e. The molecule has 0 aromatic carbocycles. The van der Waals surface area contributed by atoms with Gasteiger partial charge in [0.15, 0.2) is 0 Å². The molecule has 4 fully saturated rings. The molecule has 1 heteroatoms. The van der Waals surface area contributed by atoms with Crippen LogP contribution < -0.4 is 0 Å². The first-order valence-corrected chi connectivity index (χ1v) is 12.9. The van der Waals surface area contributed by atoms with Gasteiger partial charge in [0.25, 0.3) is 0 Å². The Hall–Kier alpha value is -0.0400. The minimum absolute atomic E-state index is 0.00830. The molecule has 1 nitrogen and oxygen atoms in total. The molecule has 0 aromatic heterocycles. The van der Waals surface area contributed by atoms with E-state index in [1.807, 2.05) is 0 Å². The fourth-order valence-electron chi connectivity index (χ4n) is 9.26. The first-order chi connectivity index (χ1) is 13.3. The molecule has 0 aliphatic heterocycles. The lowest BCUT2D eigenvalue weighted by Gasteiger charge is -2.61. The highest BCUT2D eigenvalue weighted by atomic mass is 16.3. The first kappa shape index (κ1) is 21.2. The van der Waals surface area contributed by atoms with Crippen molar-refractivity contribution in [3.05, 3.63) is 0 Å². The summed E-state index contributed by atoms with van der Waals surface area (Å²) in [7, 11) is 0. The third-order valence-corrected chi connectivity index (χ3v) is 10.8. The lowest BCUT2D eigenvalue weighted by molar-refractivity contribution is -0.129. The third-order valence-electron chi connectivity index (χ3n) is 10.8. The summed E-state index contributed by atoms with van der Waals surface area (Å²) in [5, 5.41) is 10.3. The Labute approximate surface area is 175 Å². The number of hydrogen-bond acceptors (Lipinski definition) is 1. The zero-order valence-electron chi connectivity index (χ0n) is 19.6. The van der Waals surface area contributed by atoms with Crippen LogP contribution in [0.5, 0.6) is 0 Å². The van der Waals surface area contributed by atoms with Gasteiger partial charge >= 0.3 is 0 Å². The van der Waals surface area contributed by atoms with Gasteiger partial charge in [-0.3, -0.25) is 0 Å². The van der Waals surface area contributed by atoms with Crippen molar-refractivity contribution in [3.8, 4) is 0 Å². The number of rotatable bonds is 5. The molecule has 0 saturated heterocycles. The van der Waals surface area contributed by atoms with Gasteiger partial charge in [-0.2, -0.15) is 0 Å². The van der Waals surface area contributed by atoms with Crippen molar-refractivity contribution in [2.45, 2.75) is 118 Å². The van der Waals surface area contributed by atoms with E-state index < -0.39 is 0 Å². The molecule has 2 unspecified atom stereocenters. The minimum atomic E-state index is -0.00830. The number of fused-ring (bicyclic) bond motifs is 5. The summed E-state index contributed by atoms with van der Waals surface area (Å²) >= 11 is 0. The van der Waals surface area contributed by atoms with Crippen LogP contribution in [0.25, 0.3) is 0 Å². The normalized spacial score (nSPS) is 49.4. The summed E-state index contributed by atoms with van der Waals surface area (Å²) in [5.41, 5.74) is 1.15. The van der Waals surface area contributed by atoms with Gasteiger partial charge in [0, 0.05) is 0 Å². The molecule has 4 rings (SSSR count). The van der Waals surface area contributed by atoms with Crippen LogP contribution in [0.2, 0.25) is 0 Å². The van der Waals surface area contributed by atoms with Gasteiger partial charge < -0.3 is 5.11 Å². The highest BCUT2D eigenvalue weighted by Gasteiger charge is 2.60. The Kier molecular flexibility index (Phi) is 5.98. The monoisotopic (exact) mass is 388 g/mol. The Morgan fingerprint density at radius 3 is 2.29 bits per heavy atom. The summed E-state index contributed by atoms with van der Waals surface area (Å²) in [5.74, 6) is 6.49. The van der Waals surface area contributed by atoms with Crippen molar-refractivity contribution in [2.75, 3.05) is 0 Å². The average Bonchev–Trinajstić information content (AvgIpc) is 2.99. The van der Waals surface area contributed by atoms with Crippen LogP contribution in [-0.2, 0) is 0 Å². The maximum atomic E-state index is 10.3. The Morgan fingerprint density at radius 2 is 1.54 bits per heavy atom. The summed E-state index contributed by atoms with van der Waals surface area (Å²) in [4.78, 5) is 0. The molecule has 0 aromatic rings. The molecular formula is C27H48O. The van der Waals surface area contributed by atoms with Crippen molar-refractivity contribution in [2.24, 2.45) is 52.3 Å². The zero-order chi connectivity index (χ0) is 20.1. The predicted molar refractivity (Wildman–Crippen MR) is 119 cm³/mol. The molecule has 0 spiro atoms. The van der Waals surface area contributed by atoms with E-state index in [9.17, 15) is 5.11 Å². The van der Waals surface area contributed by atoms with Crippen molar-refractivity contribution in [1.82, 2.24) is 0 Å². The van der Waals surface area contributed by atoms with E-state index in [1.54, 1.807) is 0 Å². The molecular weight excluding hydrogens is 340 g/mol. The number of hydrogen-bond donors (Lipinski definition) is 1. The maximum Gasteiger partial charge on any atom is 0.0543 e. The molecule has 162 valence electrons. The molecule has 0 amide bonds. The lowest BCUT2D eigenvalue weighted by Crippen LogP contribution is -2.54. The fraction of sp³-hybridized carbons (Fsp3) is 1.00. The van der Waals surface area contributed by atoms with E-state index in [0.29, 0.717) is 10.8 Å². The highest BCUT2D eigenvalue weighted by Crippen LogP contribution is 2.68. The Morgan fingerprint density at radius 1 is 0.821 bits per heavy atom. The van der Waals surface area contributed by atoms with E-state index in [1.165, 1.54) is 64.2 Å². The van der Waals surface area contributed by atoms with E-state index in [-0.39, 0.29) is 6.10 Å². The van der Waals surface area contributed by atoms with Crippen molar-refractivity contribution >= 4 is 0 Å². The molecule has 0 radical (unpaired) electrons. The second kappa shape index (κ2) is 7.90. The Balaban J connectivity index is 1.46. The molecule has 4 aliphatic rings. The van der Waals surface area contributed by atoms with Gasteiger partial charge in [0.2, 0.25) is 0 Å². The van der Waals surface area contributed by atoms with Crippen molar-refractivity contribution in [1.29, 1.82) is 0 Å². The Bertz CT molecular complexity index is 540. The third kappa shape index (κ3) is 3.50. The van der Waals surface area contributed by atoms with Crippen LogP contribution in [0.1, 0.15) is 112 Å². The SMILES string of the molecule is CC(C)CCC[C@@H](C)[C@H]1CCC2C3CC[C@H]4C[C@@H](O)CC[C@]4(C)[C@H]3CC[C@@]21C. The van der Waals surface area contributed by atoms with E-state index in [0.717, 1.165) is 54.3 Å². The van der Waals surface area contributed by atoms with E-state index >= 15 is 0 Å². The van der Waals surface area contributed by atoms with Crippen LogP contribution in [-0.4, -0.2) is 11.2 Å². The standard InChI is InChI=1S/C27H48O/c1-18(2)7-6-8-19(3)23-11-12-24-22-10-9-20-17-21(28)13-15-26(20,4)25(22)14-16-27(23,24)5/h18-25,28H,6-17H2,1-5H3/t19-,20+,21+,22?,23-,24?,25+,26+,27-/m1/s1. The van der Waals surface area contributed by atoms with E-state index in [4.69, 9.17) is 0 Å². The van der Waals surface area contributed by atoms with E-state index in [2.05, 4.69) is 34.6 Å². The first-order valence-electron chi connectivity index (χ1n) is 12.9. The molecule has 28 heavy (non-hydrogen) atoms. The topological polar surface area (TPSA) is 20.2 Å². The second-order valence-electron chi connectivity index (χ2n) is 12.6. The van der Waals surface area contributed by atoms with Gasteiger partial charge in [-0.25, -0.2) is 0 Å². The van der Waals surface area contributed by atoms with Gasteiger partial charge in [0.05, 0.1) is 6.10 Å². The van der Waals surface area contributed by atoms with Crippen LogP contribution in [0.15, 0.2) is 0 Å². The summed E-state index contributed by atoms with van der Waals surface area (Å²) < 4.78 is 0. The molecule has 0 heterocycles. The minimum Gasteiger partial charge on any atom is -0.393 e. The molecule has 9 atom stereocenters. The summed E-state index contributed by atoms with van der Waals surface area (Å²) in [6.45, 7) is 12.7. The lowest BCUT2D eigenvalue weighted by atomic mass is 9.44. The smallest absolute Gasteiger partial charge is 0.0543 e. The molecule has 1 N–H and O–H groups in total. The summed E-state index contributed by atoms with van der Waals surface area (Å²) in [6, 6.07) is 0. The van der Waals surface area contributed by atoms with Crippen molar-refractivity contribution in [3.63, 3.8) is 0 Å². The highest BCUT2D eigenvalue weighted by molar-refractivity contribution is 5.09. The van der Waals surface area contributed by atoms with Crippen LogP contribution >= 0.6 is 0 Å². The zero-order valence-corrected chi connectivity index (χ0v) is 19.6. The quantitative estimate of drug-likeness (QED) is 0.518. The number of aliphatic hydroxyl groups excluding tert-OH is 1. The second-order valence-corrected chi connectivity index (χ2v) is 12.6. The predicted octanol–water partition coefficient (Wildman–Crippen LogP) is 7.47. The average molecular weight is 389 g/mol.